The smallest absolute Gasteiger partial charge is 0.321 e. The van der Waals surface area contributed by atoms with Crippen LogP contribution in [-0.2, 0) is 11.2 Å². The molecule has 7 heteroatoms. The number of carbonyl (C=O) groups excluding carboxylic acids is 1. The summed E-state index contributed by atoms with van der Waals surface area (Å²) < 4.78 is 30.9. The number of fused-ring (bicyclic) bond motifs is 1. The summed E-state index contributed by atoms with van der Waals surface area (Å²) in [6, 6.07) is 12.2. The highest BCUT2D eigenvalue weighted by molar-refractivity contribution is 5.89. The third-order valence-electron chi connectivity index (χ3n) is 6.76. The minimum Gasteiger partial charge on any atom is -0.486 e. The Morgan fingerprint density at radius 1 is 1.06 bits per heavy atom. The Morgan fingerprint density at radius 2 is 1.88 bits per heavy atom. The summed E-state index contributed by atoms with van der Waals surface area (Å²) in [5, 5.41) is 2.97. The van der Waals surface area contributed by atoms with E-state index in [1.165, 1.54) is 6.07 Å². The van der Waals surface area contributed by atoms with Gasteiger partial charge in [0, 0.05) is 31.5 Å². The molecule has 0 bridgehead atoms. The van der Waals surface area contributed by atoms with Gasteiger partial charge in [0.1, 0.15) is 19.0 Å². The number of carbonyl (C=O) groups is 1. The van der Waals surface area contributed by atoms with Gasteiger partial charge < -0.3 is 24.4 Å². The maximum Gasteiger partial charge on any atom is 0.321 e. The number of nitrogens with one attached hydrogen (secondary N) is 1. The van der Waals surface area contributed by atoms with E-state index in [-0.39, 0.29) is 17.4 Å². The first-order valence-corrected chi connectivity index (χ1v) is 11.4. The van der Waals surface area contributed by atoms with Crippen LogP contribution in [0.25, 0.3) is 0 Å². The molecule has 0 saturated carbocycles. The Labute approximate surface area is 187 Å². The van der Waals surface area contributed by atoms with Gasteiger partial charge in [0.05, 0.1) is 5.60 Å². The Kier molecular flexibility index (Phi) is 5.91. The number of anilines is 1. The Balaban J connectivity index is 1.16. The molecule has 1 spiro atoms. The van der Waals surface area contributed by atoms with Crippen LogP contribution in [0.1, 0.15) is 31.2 Å². The zero-order valence-corrected chi connectivity index (χ0v) is 18.1. The summed E-state index contributed by atoms with van der Waals surface area (Å²) in [6.07, 6.45) is 4.47. The molecule has 2 aromatic rings. The second kappa shape index (κ2) is 8.98. The lowest BCUT2D eigenvalue weighted by Gasteiger charge is -2.46. The van der Waals surface area contributed by atoms with Crippen LogP contribution < -0.4 is 14.8 Å². The molecule has 32 heavy (non-hydrogen) atoms. The predicted octanol–water partition coefficient (Wildman–Crippen LogP) is 4.63. The SMILES string of the molecule is O=C(Nc1ccc2c(c1)OCCO2)N1CCC2(CC1)CC(Cc1cccc(F)c1)CCO2. The van der Waals surface area contributed by atoms with Crippen LogP contribution in [-0.4, -0.2) is 49.4 Å². The second-order valence-corrected chi connectivity index (χ2v) is 9.00. The Hall–Kier alpha value is -2.80. The number of rotatable bonds is 3. The molecule has 170 valence electrons. The summed E-state index contributed by atoms with van der Waals surface area (Å²) in [4.78, 5) is 14.7. The molecule has 3 aliphatic heterocycles. The number of ether oxygens (including phenoxy) is 3. The summed E-state index contributed by atoms with van der Waals surface area (Å²) in [5.74, 6) is 1.66. The van der Waals surface area contributed by atoms with Crippen molar-refractivity contribution in [1.82, 2.24) is 4.90 Å². The summed E-state index contributed by atoms with van der Waals surface area (Å²) in [6.45, 7) is 3.09. The van der Waals surface area contributed by atoms with Gasteiger partial charge in [-0.2, -0.15) is 0 Å². The lowest BCUT2D eigenvalue weighted by molar-refractivity contribution is -0.122. The molecule has 0 aliphatic carbocycles. The second-order valence-electron chi connectivity index (χ2n) is 9.00. The molecular weight excluding hydrogens is 411 g/mol. The van der Waals surface area contributed by atoms with Crippen molar-refractivity contribution in [2.45, 2.75) is 37.7 Å². The van der Waals surface area contributed by atoms with E-state index in [9.17, 15) is 9.18 Å². The molecule has 0 radical (unpaired) electrons. The van der Waals surface area contributed by atoms with Crippen LogP contribution in [0.4, 0.5) is 14.9 Å². The molecule has 2 amide bonds. The maximum atomic E-state index is 13.5. The molecule has 1 atom stereocenters. The van der Waals surface area contributed by atoms with Crippen LogP contribution in [0.15, 0.2) is 42.5 Å². The first-order valence-electron chi connectivity index (χ1n) is 11.4. The van der Waals surface area contributed by atoms with E-state index < -0.39 is 0 Å². The van der Waals surface area contributed by atoms with Crippen molar-refractivity contribution in [3.63, 3.8) is 0 Å². The standard InChI is InChI=1S/C25H29FN2O4/c26-20-3-1-2-18(15-20)14-19-6-11-32-25(17-19)7-9-28(10-8-25)24(29)27-21-4-5-22-23(16-21)31-13-12-30-22/h1-5,15-16,19H,6-14,17H2,(H,27,29). The number of likely N-dealkylation sites (tertiary alicyclic amines) is 1. The van der Waals surface area contributed by atoms with Gasteiger partial charge in [0.25, 0.3) is 0 Å². The summed E-state index contributed by atoms with van der Waals surface area (Å²) in [5.41, 5.74) is 1.57. The predicted molar refractivity (Wildman–Crippen MR) is 119 cm³/mol. The van der Waals surface area contributed by atoms with Gasteiger partial charge >= 0.3 is 6.03 Å². The highest BCUT2D eigenvalue weighted by Crippen LogP contribution is 2.39. The molecule has 1 unspecified atom stereocenters. The number of piperidine rings is 1. The monoisotopic (exact) mass is 440 g/mol. The van der Waals surface area contributed by atoms with E-state index in [0.717, 1.165) is 44.3 Å². The van der Waals surface area contributed by atoms with E-state index in [1.807, 2.05) is 23.1 Å². The number of amides is 2. The largest absolute Gasteiger partial charge is 0.486 e. The molecule has 1 N–H and O–H groups in total. The average Bonchev–Trinajstić information content (AvgIpc) is 2.79. The van der Waals surface area contributed by atoms with Gasteiger partial charge in [-0.15, -0.1) is 0 Å². The minimum atomic E-state index is -0.179. The molecule has 5 rings (SSSR count). The molecule has 6 nitrogen and oxygen atoms in total. The van der Waals surface area contributed by atoms with E-state index in [0.29, 0.717) is 49.4 Å². The molecule has 3 aliphatic rings. The van der Waals surface area contributed by atoms with E-state index >= 15 is 0 Å². The van der Waals surface area contributed by atoms with E-state index in [4.69, 9.17) is 14.2 Å². The summed E-state index contributed by atoms with van der Waals surface area (Å²) >= 11 is 0. The Morgan fingerprint density at radius 3 is 2.69 bits per heavy atom. The quantitative estimate of drug-likeness (QED) is 0.756. The number of hydrogen-bond acceptors (Lipinski definition) is 4. The number of halogens is 1. The number of benzene rings is 2. The summed E-state index contributed by atoms with van der Waals surface area (Å²) in [7, 11) is 0. The van der Waals surface area contributed by atoms with Crippen LogP contribution in [0, 0.1) is 11.7 Å². The van der Waals surface area contributed by atoms with Crippen LogP contribution >= 0.6 is 0 Å². The first-order chi connectivity index (χ1) is 15.6. The van der Waals surface area contributed by atoms with Crippen molar-refractivity contribution in [2.24, 2.45) is 5.92 Å². The van der Waals surface area contributed by atoms with Crippen molar-refractivity contribution >= 4 is 11.7 Å². The highest BCUT2D eigenvalue weighted by Gasteiger charge is 2.41. The molecule has 3 heterocycles. The lowest BCUT2D eigenvalue weighted by atomic mass is 9.77. The zero-order chi connectivity index (χ0) is 22.0. The number of nitrogens with zero attached hydrogens (tertiary/aromatic N) is 1. The fourth-order valence-corrected chi connectivity index (χ4v) is 5.09. The topological polar surface area (TPSA) is 60.0 Å². The van der Waals surface area contributed by atoms with Gasteiger partial charge in [0.2, 0.25) is 0 Å². The van der Waals surface area contributed by atoms with Crippen molar-refractivity contribution in [3.8, 4) is 11.5 Å². The van der Waals surface area contributed by atoms with Gasteiger partial charge in [-0.25, -0.2) is 9.18 Å². The Bertz CT molecular complexity index is 974. The average molecular weight is 441 g/mol. The third kappa shape index (κ3) is 4.67. The van der Waals surface area contributed by atoms with Gasteiger partial charge in [-0.3, -0.25) is 0 Å². The van der Waals surface area contributed by atoms with Crippen molar-refractivity contribution in [1.29, 1.82) is 0 Å². The highest BCUT2D eigenvalue weighted by atomic mass is 19.1. The van der Waals surface area contributed by atoms with Crippen molar-refractivity contribution in [2.75, 3.05) is 38.2 Å². The first kappa shape index (κ1) is 21.1. The maximum absolute atomic E-state index is 13.5. The third-order valence-corrected chi connectivity index (χ3v) is 6.76. The van der Waals surface area contributed by atoms with Crippen molar-refractivity contribution < 1.29 is 23.4 Å². The van der Waals surface area contributed by atoms with Gasteiger partial charge in [-0.05, 0) is 67.9 Å². The number of hydrogen-bond donors (Lipinski definition) is 1. The van der Waals surface area contributed by atoms with Crippen LogP contribution in [0.3, 0.4) is 0 Å². The molecule has 2 fully saturated rings. The van der Waals surface area contributed by atoms with Gasteiger partial charge in [0.15, 0.2) is 11.5 Å². The van der Waals surface area contributed by atoms with E-state index in [2.05, 4.69) is 5.32 Å². The fraction of sp³-hybridized carbons (Fsp3) is 0.480. The number of urea groups is 1. The fourth-order valence-electron chi connectivity index (χ4n) is 5.09. The molecule has 0 aromatic heterocycles. The normalized spacial score (nSPS) is 21.9. The lowest BCUT2D eigenvalue weighted by Crippen LogP contribution is -2.51. The van der Waals surface area contributed by atoms with E-state index in [1.54, 1.807) is 18.2 Å². The molecule has 2 saturated heterocycles. The zero-order valence-electron chi connectivity index (χ0n) is 18.1. The minimum absolute atomic E-state index is 0.108. The van der Waals surface area contributed by atoms with Crippen LogP contribution in [0.5, 0.6) is 11.5 Å². The van der Waals surface area contributed by atoms with Crippen LogP contribution in [0.2, 0.25) is 0 Å². The molecular formula is C25H29FN2O4. The van der Waals surface area contributed by atoms with Gasteiger partial charge in [-0.1, -0.05) is 12.1 Å². The van der Waals surface area contributed by atoms with Crippen molar-refractivity contribution in [3.05, 3.63) is 53.8 Å². The molecule has 2 aromatic carbocycles.